The van der Waals surface area contributed by atoms with Crippen LogP contribution in [0.1, 0.15) is 13.3 Å². The Bertz CT molecular complexity index is 367. The number of hydrogen-bond donors (Lipinski definition) is 1. The number of anilines is 1. The van der Waals surface area contributed by atoms with Gasteiger partial charge in [0.1, 0.15) is 5.82 Å². The van der Waals surface area contributed by atoms with Crippen molar-refractivity contribution in [1.82, 2.24) is 5.32 Å². The monoisotopic (exact) mass is 252 g/mol. The van der Waals surface area contributed by atoms with Crippen molar-refractivity contribution < 1.29 is 9.13 Å². The Hall–Kier alpha value is -1.13. The normalized spacial score (nSPS) is 19.8. The standard InChI is InChI=1S/C14H21FN2O/c1-2-17(14-5-3-4-12(15)10-14)8-6-13-11-18-9-7-16-13/h3-5,10,13,16H,2,6-9,11H2,1H3. The highest BCUT2D eigenvalue weighted by Gasteiger charge is 2.14. The highest BCUT2D eigenvalue weighted by Crippen LogP contribution is 2.16. The number of ether oxygens (including phenoxy) is 1. The molecule has 4 heteroatoms. The predicted molar refractivity (Wildman–Crippen MR) is 71.5 cm³/mol. The summed E-state index contributed by atoms with van der Waals surface area (Å²) in [5.74, 6) is -0.176. The first-order valence-corrected chi connectivity index (χ1v) is 6.61. The highest BCUT2D eigenvalue weighted by molar-refractivity contribution is 5.46. The smallest absolute Gasteiger partial charge is 0.125 e. The zero-order valence-electron chi connectivity index (χ0n) is 10.9. The van der Waals surface area contributed by atoms with Crippen LogP contribution in [0.2, 0.25) is 0 Å². The SMILES string of the molecule is CCN(CCC1COCCN1)c1cccc(F)c1. The summed E-state index contributed by atoms with van der Waals surface area (Å²) in [6.07, 6.45) is 1.02. The molecule has 1 atom stereocenters. The maximum absolute atomic E-state index is 13.2. The van der Waals surface area contributed by atoms with Crippen LogP contribution in [-0.2, 0) is 4.74 Å². The number of rotatable bonds is 5. The molecule has 1 aromatic carbocycles. The van der Waals surface area contributed by atoms with Crippen LogP contribution >= 0.6 is 0 Å². The maximum atomic E-state index is 13.2. The Morgan fingerprint density at radius 2 is 2.39 bits per heavy atom. The van der Waals surface area contributed by atoms with E-state index in [-0.39, 0.29) is 5.82 Å². The lowest BCUT2D eigenvalue weighted by molar-refractivity contribution is 0.0748. The van der Waals surface area contributed by atoms with E-state index < -0.39 is 0 Å². The van der Waals surface area contributed by atoms with Crippen molar-refractivity contribution in [3.8, 4) is 0 Å². The number of nitrogens with zero attached hydrogens (tertiary/aromatic N) is 1. The van der Waals surface area contributed by atoms with Crippen molar-refractivity contribution >= 4 is 5.69 Å². The molecule has 0 aliphatic carbocycles. The van der Waals surface area contributed by atoms with E-state index in [0.29, 0.717) is 6.04 Å². The van der Waals surface area contributed by atoms with Crippen molar-refractivity contribution in [2.45, 2.75) is 19.4 Å². The zero-order chi connectivity index (χ0) is 12.8. The van der Waals surface area contributed by atoms with E-state index in [0.717, 1.165) is 45.0 Å². The van der Waals surface area contributed by atoms with E-state index in [2.05, 4.69) is 17.1 Å². The summed E-state index contributed by atoms with van der Waals surface area (Å²) in [4.78, 5) is 2.19. The van der Waals surface area contributed by atoms with Crippen LogP contribution in [0.15, 0.2) is 24.3 Å². The van der Waals surface area contributed by atoms with Gasteiger partial charge in [0, 0.05) is 31.4 Å². The average Bonchev–Trinajstić information content (AvgIpc) is 2.41. The lowest BCUT2D eigenvalue weighted by Gasteiger charge is -2.28. The minimum absolute atomic E-state index is 0.176. The molecule has 0 radical (unpaired) electrons. The first-order valence-electron chi connectivity index (χ1n) is 6.61. The first-order chi connectivity index (χ1) is 8.79. The quantitative estimate of drug-likeness (QED) is 0.868. The van der Waals surface area contributed by atoms with Gasteiger partial charge in [-0.3, -0.25) is 0 Å². The summed E-state index contributed by atoms with van der Waals surface area (Å²) >= 11 is 0. The zero-order valence-corrected chi connectivity index (χ0v) is 10.9. The number of halogens is 1. The van der Waals surface area contributed by atoms with Gasteiger partial charge in [-0.15, -0.1) is 0 Å². The number of benzene rings is 1. The second kappa shape index (κ2) is 6.71. The van der Waals surface area contributed by atoms with Gasteiger partial charge < -0.3 is 15.0 Å². The van der Waals surface area contributed by atoms with Crippen LogP contribution in [0.3, 0.4) is 0 Å². The third-order valence-corrected chi connectivity index (χ3v) is 3.30. The van der Waals surface area contributed by atoms with Crippen molar-refractivity contribution in [2.24, 2.45) is 0 Å². The van der Waals surface area contributed by atoms with E-state index in [1.165, 1.54) is 6.07 Å². The van der Waals surface area contributed by atoms with Crippen molar-refractivity contribution in [1.29, 1.82) is 0 Å². The highest BCUT2D eigenvalue weighted by atomic mass is 19.1. The van der Waals surface area contributed by atoms with E-state index in [1.54, 1.807) is 12.1 Å². The van der Waals surface area contributed by atoms with Crippen LogP contribution in [0.4, 0.5) is 10.1 Å². The minimum Gasteiger partial charge on any atom is -0.379 e. The molecule has 1 N–H and O–H groups in total. The molecule has 0 bridgehead atoms. The summed E-state index contributed by atoms with van der Waals surface area (Å²) in [6, 6.07) is 7.20. The van der Waals surface area contributed by atoms with E-state index in [1.807, 2.05) is 6.07 Å². The van der Waals surface area contributed by atoms with Gasteiger partial charge in [-0.2, -0.15) is 0 Å². The molecule has 2 rings (SSSR count). The Kier molecular flexibility index (Phi) is 4.96. The van der Waals surface area contributed by atoms with Crippen LogP contribution in [0, 0.1) is 5.82 Å². The maximum Gasteiger partial charge on any atom is 0.125 e. The predicted octanol–water partition coefficient (Wildman–Crippen LogP) is 2.03. The Morgan fingerprint density at radius 1 is 1.50 bits per heavy atom. The molecule has 1 aromatic rings. The second-order valence-corrected chi connectivity index (χ2v) is 4.57. The molecule has 0 spiro atoms. The van der Waals surface area contributed by atoms with Gasteiger partial charge in [0.05, 0.1) is 13.2 Å². The lowest BCUT2D eigenvalue weighted by Crippen LogP contribution is -2.43. The molecule has 0 aromatic heterocycles. The molecule has 0 saturated carbocycles. The fraction of sp³-hybridized carbons (Fsp3) is 0.571. The first kappa shape index (κ1) is 13.3. The van der Waals surface area contributed by atoms with Crippen molar-refractivity contribution in [2.75, 3.05) is 37.7 Å². The average molecular weight is 252 g/mol. The van der Waals surface area contributed by atoms with Crippen LogP contribution in [0.5, 0.6) is 0 Å². The van der Waals surface area contributed by atoms with E-state index >= 15 is 0 Å². The molecule has 1 saturated heterocycles. The molecule has 18 heavy (non-hydrogen) atoms. The number of morpholine rings is 1. The summed E-state index contributed by atoms with van der Waals surface area (Å²) < 4.78 is 18.6. The Balaban J connectivity index is 1.88. The van der Waals surface area contributed by atoms with Crippen LogP contribution < -0.4 is 10.2 Å². The number of nitrogens with one attached hydrogen (secondary N) is 1. The van der Waals surface area contributed by atoms with Gasteiger partial charge in [-0.05, 0) is 31.5 Å². The summed E-state index contributed by atoms with van der Waals surface area (Å²) in [5.41, 5.74) is 0.953. The van der Waals surface area contributed by atoms with Gasteiger partial charge in [0.2, 0.25) is 0 Å². The molecule has 1 aliphatic heterocycles. The molecule has 0 amide bonds. The summed E-state index contributed by atoms with van der Waals surface area (Å²) in [6.45, 7) is 6.41. The fourth-order valence-corrected chi connectivity index (χ4v) is 2.26. The minimum atomic E-state index is -0.176. The van der Waals surface area contributed by atoms with Crippen LogP contribution in [0.25, 0.3) is 0 Å². The molecular weight excluding hydrogens is 231 g/mol. The van der Waals surface area contributed by atoms with Crippen LogP contribution in [-0.4, -0.2) is 38.9 Å². The van der Waals surface area contributed by atoms with Gasteiger partial charge >= 0.3 is 0 Å². The molecule has 3 nitrogen and oxygen atoms in total. The van der Waals surface area contributed by atoms with E-state index in [9.17, 15) is 4.39 Å². The topological polar surface area (TPSA) is 24.5 Å². The Labute approximate surface area is 108 Å². The largest absolute Gasteiger partial charge is 0.379 e. The molecule has 100 valence electrons. The molecule has 1 heterocycles. The van der Waals surface area contributed by atoms with Gasteiger partial charge in [-0.25, -0.2) is 4.39 Å². The van der Waals surface area contributed by atoms with E-state index in [4.69, 9.17) is 4.74 Å². The second-order valence-electron chi connectivity index (χ2n) is 4.57. The van der Waals surface area contributed by atoms with Gasteiger partial charge in [0.25, 0.3) is 0 Å². The van der Waals surface area contributed by atoms with Crippen molar-refractivity contribution in [3.05, 3.63) is 30.1 Å². The number of hydrogen-bond acceptors (Lipinski definition) is 3. The molecular formula is C14H21FN2O. The lowest BCUT2D eigenvalue weighted by atomic mass is 10.1. The molecule has 1 fully saturated rings. The molecule has 1 aliphatic rings. The Morgan fingerprint density at radius 3 is 3.06 bits per heavy atom. The summed E-state index contributed by atoms with van der Waals surface area (Å²) in [7, 11) is 0. The molecule has 1 unspecified atom stereocenters. The fourth-order valence-electron chi connectivity index (χ4n) is 2.26. The van der Waals surface area contributed by atoms with Crippen molar-refractivity contribution in [3.63, 3.8) is 0 Å². The van der Waals surface area contributed by atoms with Gasteiger partial charge in [0.15, 0.2) is 0 Å². The third-order valence-electron chi connectivity index (χ3n) is 3.30. The third kappa shape index (κ3) is 3.68. The van der Waals surface area contributed by atoms with Gasteiger partial charge in [-0.1, -0.05) is 6.07 Å². The summed E-state index contributed by atoms with van der Waals surface area (Å²) in [5, 5.41) is 3.44.